The van der Waals surface area contributed by atoms with Gasteiger partial charge in [0.05, 0.1) is 4.92 Å². The average Bonchev–Trinajstić information content (AvgIpc) is 2.38. The van der Waals surface area contributed by atoms with E-state index in [0.29, 0.717) is 5.69 Å². The van der Waals surface area contributed by atoms with Gasteiger partial charge in [0, 0.05) is 30.9 Å². The van der Waals surface area contributed by atoms with Crippen LogP contribution in [0.2, 0.25) is 0 Å². The molecule has 0 unspecified atom stereocenters. The first kappa shape index (κ1) is 13.3. The fraction of sp³-hybridized carbons (Fsp3) is 0.417. The van der Waals surface area contributed by atoms with Crippen LogP contribution in [0.1, 0.15) is 23.2 Å². The Labute approximate surface area is 109 Å². The number of aromatic carboxylic acids is 1. The van der Waals surface area contributed by atoms with Crippen molar-refractivity contribution in [1.29, 1.82) is 0 Å². The molecule has 0 bridgehead atoms. The Hall–Kier alpha value is -2.15. The minimum Gasteiger partial charge on any atom is -0.477 e. The molecule has 0 aliphatic carbocycles. The van der Waals surface area contributed by atoms with Crippen LogP contribution in [0.5, 0.6) is 0 Å². The molecule has 1 aliphatic heterocycles. The monoisotopic (exact) mass is 265 g/mol. The van der Waals surface area contributed by atoms with Crippen LogP contribution < -0.4 is 10.6 Å². The highest BCUT2D eigenvalue weighted by molar-refractivity contribution is 5.93. The molecule has 0 amide bonds. The van der Waals surface area contributed by atoms with Crippen LogP contribution in [0.3, 0.4) is 0 Å². The molecule has 1 aliphatic rings. The largest absolute Gasteiger partial charge is 0.477 e. The van der Waals surface area contributed by atoms with Gasteiger partial charge in [-0.2, -0.15) is 0 Å². The number of rotatable bonds is 3. The van der Waals surface area contributed by atoms with Gasteiger partial charge < -0.3 is 15.7 Å². The number of piperidine rings is 1. The van der Waals surface area contributed by atoms with Gasteiger partial charge in [0.2, 0.25) is 0 Å². The summed E-state index contributed by atoms with van der Waals surface area (Å²) in [6, 6.07) is 4.38. The summed E-state index contributed by atoms with van der Waals surface area (Å²) in [5.74, 6) is -1.29. The summed E-state index contributed by atoms with van der Waals surface area (Å²) in [6.07, 6.45) is 1.66. The van der Waals surface area contributed by atoms with Crippen molar-refractivity contribution in [2.45, 2.75) is 18.9 Å². The first-order valence-corrected chi connectivity index (χ1v) is 6.01. The second-order valence-corrected chi connectivity index (χ2v) is 4.59. The zero-order chi connectivity index (χ0) is 14.0. The van der Waals surface area contributed by atoms with Gasteiger partial charge in [-0.3, -0.25) is 10.1 Å². The quantitative estimate of drug-likeness (QED) is 0.628. The predicted octanol–water partition coefficient (Wildman–Crippen LogP) is 1.22. The van der Waals surface area contributed by atoms with Crippen LogP contribution in [-0.4, -0.2) is 35.1 Å². The number of carboxylic acid groups (broad SMARTS) is 1. The predicted molar refractivity (Wildman–Crippen MR) is 69.5 cm³/mol. The van der Waals surface area contributed by atoms with E-state index < -0.39 is 10.9 Å². The second-order valence-electron chi connectivity index (χ2n) is 4.59. The smallest absolute Gasteiger partial charge is 0.342 e. The third-order valence-electron chi connectivity index (χ3n) is 3.31. The van der Waals surface area contributed by atoms with Crippen molar-refractivity contribution < 1.29 is 14.8 Å². The molecule has 1 aromatic carbocycles. The van der Waals surface area contributed by atoms with E-state index in [9.17, 15) is 14.9 Å². The summed E-state index contributed by atoms with van der Waals surface area (Å²) < 4.78 is 0. The lowest BCUT2D eigenvalue weighted by atomic mass is 10.0. The molecular weight excluding hydrogens is 250 g/mol. The molecule has 0 spiro atoms. The SMILES string of the molecule is NC1CCN(c2ccc(C(=O)O)c([N+](=O)[O-])c2)CC1. The van der Waals surface area contributed by atoms with Gasteiger partial charge in [-0.05, 0) is 25.0 Å². The molecule has 7 heteroatoms. The average molecular weight is 265 g/mol. The van der Waals surface area contributed by atoms with E-state index in [1.165, 1.54) is 12.1 Å². The molecule has 1 saturated heterocycles. The first-order chi connectivity index (χ1) is 8.99. The first-order valence-electron chi connectivity index (χ1n) is 6.01. The van der Waals surface area contributed by atoms with Crippen molar-refractivity contribution in [2.75, 3.05) is 18.0 Å². The van der Waals surface area contributed by atoms with Gasteiger partial charge in [0.15, 0.2) is 0 Å². The summed E-state index contributed by atoms with van der Waals surface area (Å²) in [6.45, 7) is 1.45. The maximum Gasteiger partial charge on any atom is 0.342 e. The zero-order valence-corrected chi connectivity index (χ0v) is 10.3. The normalized spacial score (nSPS) is 16.4. The Balaban J connectivity index is 2.30. The number of hydrogen-bond donors (Lipinski definition) is 2. The number of carboxylic acids is 1. The third kappa shape index (κ3) is 2.82. The number of nitro groups is 1. The lowest BCUT2D eigenvalue weighted by Crippen LogP contribution is -2.39. The Bertz CT molecular complexity index is 510. The maximum atomic E-state index is 10.9. The molecule has 1 fully saturated rings. The number of benzene rings is 1. The third-order valence-corrected chi connectivity index (χ3v) is 3.31. The summed E-state index contributed by atoms with van der Waals surface area (Å²) >= 11 is 0. The standard InChI is InChI=1S/C12H15N3O4/c13-8-3-5-14(6-4-8)9-1-2-10(12(16)17)11(7-9)15(18)19/h1-2,7-8H,3-6,13H2,(H,16,17). The van der Waals surface area contributed by atoms with E-state index in [1.54, 1.807) is 6.07 Å². The molecule has 0 saturated carbocycles. The second kappa shape index (κ2) is 5.23. The Morgan fingerprint density at radius 3 is 2.58 bits per heavy atom. The van der Waals surface area contributed by atoms with Crippen LogP contribution in [0.15, 0.2) is 18.2 Å². The van der Waals surface area contributed by atoms with Gasteiger partial charge in [-0.15, -0.1) is 0 Å². The van der Waals surface area contributed by atoms with E-state index >= 15 is 0 Å². The Morgan fingerprint density at radius 2 is 2.05 bits per heavy atom. The minimum atomic E-state index is -1.29. The number of nitro benzene ring substituents is 1. The Kier molecular flexibility index (Phi) is 3.66. The Morgan fingerprint density at radius 1 is 1.42 bits per heavy atom. The van der Waals surface area contributed by atoms with Crippen molar-refractivity contribution in [3.8, 4) is 0 Å². The highest BCUT2D eigenvalue weighted by Crippen LogP contribution is 2.27. The molecule has 1 aromatic rings. The molecule has 19 heavy (non-hydrogen) atoms. The van der Waals surface area contributed by atoms with Crippen LogP contribution in [0, 0.1) is 10.1 Å². The fourth-order valence-corrected chi connectivity index (χ4v) is 2.21. The van der Waals surface area contributed by atoms with Crippen LogP contribution in [0.25, 0.3) is 0 Å². The van der Waals surface area contributed by atoms with Crippen molar-refractivity contribution >= 4 is 17.3 Å². The number of carbonyl (C=O) groups is 1. The molecule has 0 atom stereocenters. The van der Waals surface area contributed by atoms with Crippen LogP contribution >= 0.6 is 0 Å². The maximum absolute atomic E-state index is 10.9. The van der Waals surface area contributed by atoms with Crippen molar-refractivity contribution in [2.24, 2.45) is 5.73 Å². The topological polar surface area (TPSA) is 110 Å². The highest BCUT2D eigenvalue weighted by Gasteiger charge is 2.23. The molecule has 102 valence electrons. The summed E-state index contributed by atoms with van der Waals surface area (Å²) in [5.41, 5.74) is 5.81. The van der Waals surface area contributed by atoms with E-state index in [4.69, 9.17) is 10.8 Å². The molecule has 7 nitrogen and oxygen atoms in total. The van der Waals surface area contributed by atoms with E-state index in [1.807, 2.05) is 4.90 Å². The van der Waals surface area contributed by atoms with E-state index in [0.717, 1.165) is 25.9 Å². The van der Waals surface area contributed by atoms with Crippen LogP contribution in [0.4, 0.5) is 11.4 Å². The molecule has 1 heterocycles. The zero-order valence-electron chi connectivity index (χ0n) is 10.3. The molecule has 0 radical (unpaired) electrons. The van der Waals surface area contributed by atoms with Gasteiger partial charge in [-0.25, -0.2) is 4.79 Å². The van der Waals surface area contributed by atoms with Crippen molar-refractivity contribution in [1.82, 2.24) is 0 Å². The number of nitrogens with two attached hydrogens (primary N) is 1. The minimum absolute atomic E-state index is 0.171. The number of nitrogens with zero attached hydrogens (tertiary/aromatic N) is 2. The lowest BCUT2D eigenvalue weighted by Gasteiger charge is -2.31. The van der Waals surface area contributed by atoms with Crippen molar-refractivity contribution in [3.63, 3.8) is 0 Å². The molecule has 2 rings (SSSR count). The molecular formula is C12H15N3O4. The number of anilines is 1. The highest BCUT2D eigenvalue weighted by atomic mass is 16.6. The fourth-order valence-electron chi connectivity index (χ4n) is 2.21. The van der Waals surface area contributed by atoms with E-state index in [-0.39, 0.29) is 17.3 Å². The van der Waals surface area contributed by atoms with Crippen LogP contribution in [-0.2, 0) is 0 Å². The van der Waals surface area contributed by atoms with Crippen molar-refractivity contribution in [3.05, 3.63) is 33.9 Å². The number of hydrogen-bond acceptors (Lipinski definition) is 5. The summed E-state index contributed by atoms with van der Waals surface area (Å²) in [7, 11) is 0. The van der Waals surface area contributed by atoms with Gasteiger partial charge in [-0.1, -0.05) is 0 Å². The van der Waals surface area contributed by atoms with Gasteiger partial charge in [0.25, 0.3) is 5.69 Å². The summed E-state index contributed by atoms with van der Waals surface area (Å²) in [5, 5.41) is 19.8. The molecule has 0 aromatic heterocycles. The van der Waals surface area contributed by atoms with Gasteiger partial charge in [0.1, 0.15) is 5.56 Å². The summed E-state index contributed by atoms with van der Waals surface area (Å²) in [4.78, 5) is 23.2. The lowest BCUT2D eigenvalue weighted by molar-refractivity contribution is -0.385. The van der Waals surface area contributed by atoms with Gasteiger partial charge >= 0.3 is 5.97 Å². The van der Waals surface area contributed by atoms with E-state index in [2.05, 4.69) is 0 Å². The molecule has 3 N–H and O–H groups in total.